The van der Waals surface area contributed by atoms with Crippen molar-refractivity contribution in [3.63, 3.8) is 0 Å². The summed E-state index contributed by atoms with van der Waals surface area (Å²) in [6.45, 7) is 0. The van der Waals surface area contributed by atoms with Crippen molar-refractivity contribution < 1.29 is 18.0 Å². The van der Waals surface area contributed by atoms with Gasteiger partial charge >= 0.3 is 6.18 Å². The second-order valence-electron chi connectivity index (χ2n) is 3.50. The molecule has 1 saturated carbocycles. The molecule has 0 aliphatic heterocycles. The van der Waals surface area contributed by atoms with Gasteiger partial charge < -0.3 is 5.73 Å². The van der Waals surface area contributed by atoms with Crippen LogP contribution in [-0.2, 0) is 4.79 Å². The van der Waals surface area contributed by atoms with Gasteiger partial charge in [0.25, 0.3) is 0 Å². The largest absolute Gasteiger partial charge is 0.391 e. The fourth-order valence-corrected chi connectivity index (χ4v) is 1.75. The van der Waals surface area contributed by atoms with E-state index in [2.05, 4.69) is 0 Å². The average Bonchev–Trinajstić information content (AvgIpc) is 2.03. The highest BCUT2D eigenvalue weighted by atomic mass is 19.4. The standard InChI is InChI=1S/C8H12F3NO/c9-8(10,11)6-3-1-2-5(4-6)7(12)13/h5-6H,1-4H2,(H2,12,13)/t5-,6+/m0/s1. The lowest BCUT2D eigenvalue weighted by Crippen LogP contribution is -2.34. The number of amides is 1. The third-order valence-electron chi connectivity index (χ3n) is 2.54. The first-order chi connectivity index (χ1) is 5.91. The van der Waals surface area contributed by atoms with Crippen molar-refractivity contribution >= 4 is 5.91 Å². The number of rotatable bonds is 1. The number of nitrogens with two attached hydrogens (primary N) is 1. The van der Waals surface area contributed by atoms with Gasteiger partial charge in [-0.2, -0.15) is 13.2 Å². The summed E-state index contributed by atoms with van der Waals surface area (Å²) in [6.07, 6.45) is -3.22. The van der Waals surface area contributed by atoms with E-state index in [1.807, 2.05) is 0 Å². The van der Waals surface area contributed by atoms with Gasteiger partial charge in [0, 0.05) is 5.92 Å². The molecule has 1 aliphatic rings. The molecule has 0 aromatic carbocycles. The predicted octanol–water partition coefficient (Wildman–Crippen LogP) is 1.84. The van der Waals surface area contributed by atoms with Gasteiger partial charge in [0.15, 0.2) is 0 Å². The van der Waals surface area contributed by atoms with E-state index in [-0.39, 0.29) is 12.8 Å². The van der Waals surface area contributed by atoms with Crippen LogP contribution in [-0.4, -0.2) is 12.1 Å². The quantitative estimate of drug-likeness (QED) is 0.681. The van der Waals surface area contributed by atoms with Crippen LogP contribution in [0, 0.1) is 11.8 Å². The Morgan fingerprint density at radius 1 is 1.31 bits per heavy atom. The van der Waals surface area contributed by atoms with Crippen molar-refractivity contribution in [1.29, 1.82) is 0 Å². The van der Waals surface area contributed by atoms with E-state index in [4.69, 9.17) is 5.73 Å². The minimum Gasteiger partial charge on any atom is -0.369 e. The lowest BCUT2D eigenvalue weighted by atomic mass is 9.81. The molecular weight excluding hydrogens is 183 g/mol. The number of carbonyl (C=O) groups excluding carboxylic acids is 1. The first-order valence-electron chi connectivity index (χ1n) is 4.27. The van der Waals surface area contributed by atoms with E-state index >= 15 is 0 Å². The Kier molecular flexibility index (Phi) is 2.83. The van der Waals surface area contributed by atoms with Gasteiger partial charge in [0.05, 0.1) is 5.92 Å². The fraction of sp³-hybridized carbons (Fsp3) is 0.875. The summed E-state index contributed by atoms with van der Waals surface area (Å²) in [7, 11) is 0. The molecule has 76 valence electrons. The van der Waals surface area contributed by atoms with Crippen molar-refractivity contribution in [3.8, 4) is 0 Å². The molecule has 0 radical (unpaired) electrons. The molecule has 2 N–H and O–H groups in total. The maximum absolute atomic E-state index is 12.2. The molecule has 0 spiro atoms. The van der Waals surface area contributed by atoms with Crippen LogP contribution in [0.5, 0.6) is 0 Å². The lowest BCUT2D eigenvalue weighted by molar-refractivity contribution is -0.186. The third-order valence-corrected chi connectivity index (χ3v) is 2.54. The molecule has 0 aromatic rings. The summed E-state index contributed by atoms with van der Waals surface area (Å²) in [6, 6.07) is 0. The molecule has 0 aromatic heterocycles. The van der Waals surface area contributed by atoms with Gasteiger partial charge in [-0.25, -0.2) is 0 Å². The number of primary amides is 1. The maximum atomic E-state index is 12.2. The van der Waals surface area contributed by atoms with Crippen LogP contribution in [0.2, 0.25) is 0 Å². The molecule has 5 heteroatoms. The molecule has 0 heterocycles. The van der Waals surface area contributed by atoms with Crippen LogP contribution >= 0.6 is 0 Å². The summed E-state index contributed by atoms with van der Waals surface area (Å²) in [5.41, 5.74) is 4.97. The summed E-state index contributed by atoms with van der Waals surface area (Å²) < 4.78 is 36.7. The third kappa shape index (κ3) is 2.60. The van der Waals surface area contributed by atoms with Crippen LogP contribution in [0.25, 0.3) is 0 Å². The molecule has 1 rings (SSSR count). The van der Waals surface area contributed by atoms with E-state index in [1.165, 1.54) is 0 Å². The molecule has 1 amide bonds. The minimum atomic E-state index is -4.17. The van der Waals surface area contributed by atoms with E-state index < -0.39 is 23.9 Å². The summed E-state index contributed by atoms with van der Waals surface area (Å²) >= 11 is 0. The highest BCUT2D eigenvalue weighted by molar-refractivity contribution is 5.76. The number of halogens is 3. The predicted molar refractivity (Wildman–Crippen MR) is 40.7 cm³/mol. The van der Waals surface area contributed by atoms with Crippen LogP contribution in [0.4, 0.5) is 13.2 Å². The first kappa shape index (κ1) is 10.3. The number of alkyl halides is 3. The zero-order valence-corrected chi connectivity index (χ0v) is 7.10. The molecule has 1 aliphatic carbocycles. The van der Waals surface area contributed by atoms with Crippen LogP contribution in [0.15, 0.2) is 0 Å². The Morgan fingerprint density at radius 3 is 2.38 bits per heavy atom. The normalized spacial score (nSPS) is 30.1. The van der Waals surface area contributed by atoms with E-state index in [0.717, 1.165) is 0 Å². The topological polar surface area (TPSA) is 43.1 Å². The zero-order chi connectivity index (χ0) is 10.1. The van der Waals surface area contributed by atoms with Crippen LogP contribution in [0.3, 0.4) is 0 Å². The Balaban J connectivity index is 2.57. The monoisotopic (exact) mass is 195 g/mol. The van der Waals surface area contributed by atoms with E-state index in [9.17, 15) is 18.0 Å². The number of carbonyl (C=O) groups is 1. The lowest BCUT2D eigenvalue weighted by Gasteiger charge is -2.28. The zero-order valence-electron chi connectivity index (χ0n) is 7.10. The highest BCUT2D eigenvalue weighted by Crippen LogP contribution is 2.39. The van der Waals surface area contributed by atoms with Crippen LogP contribution in [0.1, 0.15) is 25.7 Å². The van der Waals surface area contributed by atoms with Gasteiger partial charge in [0.1, 0.15) is 0 Å². The van der Waals surface area contributed by atoms with E-state index in [1.54, 1.807) is 0 Å². The Hall–Kier alpha value is -0.740. The average molecular weight is 195 g/mol. The summed E-state index contributed by atoms with van der Waals surface area (Å²) in [4.78, 5) is 10.7. The number of hydrogen-bond acceptors (Lipinski definition) is 1. The smallest absolute Gasteiger partial charge is 0.369 e. The molecule has 13 heavy (non-hydrogen) atoms. The van der Waals surface area contributed by atoms with Crippen molar-refractivity contribution in [2.75, 3.05) is 0 Å². The van der Waals surface area contributed by atoms with Crippen LogP contribution < -0.4 is 5.73 Å². The van der Waals surface area contributed by atoms with Crippen molar-refractivity contribution in [2.24, 2.45) is 17.6 Å². The molecule has 2 atom stereocenters. The van der Waals surface area contributed by atoms with Crippen molar-refractivity contribution in [3.05, 3.63) is 0 Å². The minimum absolute atomic E-state index is 0.126. The molecule has 1 fully saturated rings. The first-order valence-corrected chi connectivity index (χ1v) is 4.27. The molecule has 0 saturated heterocycles. The molecule has 2 nitrogen and oxygen atoms in total. The second kappa shape index (κ2) is 3.55. The van der Waals surface area contributed by atoms with Crippen molar-refractivity contribution in [1.82, 2.24) is 0 Å². The maximum Gasteiger partial charge on any atom is 0.391 e. The van der Waals surface area contributed by atoms with Gasteiger partial charge in [-0.3, -0.25) is 4.79 Å². The van der Waals surface area contributed by atoms with E-state index in [0.29, 0.717) is 12.8 Å². The SMILES string of the molecule is NC(=O)[C@H]1CCC[C@@H](C(F)(F)F)C1. The highest BCUT2D eigenvalue weighted by Gasteiger charge is 2.43. The van der Waals surface area contributed by atoms with Gasteiger partial charge in [-0.1, -0.05) is 6.42 Å². The summed E-state index contributed by atoms with van der Waals surface area (Å²) in [5, 5.41) is 0. The summed E-state index contributed by atoms with van der Waals surface area (Å²) in [5.74, 6) is -2.52. The second-order valence-corrected chi connectivity index (χ2v) is 3.50. The van der Waals surface area contributed by atoms with Gasteiger partial charge in [-0.15, -0.1) is 0 Å². The van der Waals surface area contributed by atoms with Crippen molar-refractivity contribution in [2.45, 2.75) is 31.9 Å². The Morgan fingerprint density at radius 2 is 1.92 bits per heavy atom. The molecule has 0 bridgehead atoms. The number of hydrogen-bond donors (Lipinski definition) is 1. The Bertz CT molecular complexity index is 202. The van der Waals surface area contributed by atoms with Gasteiger partial charge in [-0.05, 0) is 19.3 Å². The fourth-order valence-electron chi connectivity index (χ4n) is 1.75. The molecule has 0 unspecified atom stereocenters. The Labute approximate surface area is 74.3 Å². The molecular formula is C8H12F3NO. The van der Waals surface area contributed by atoms with Gasteiger partial charge in [0.2, 0.25) is 5.91 Å².